The number of Topliss-reactive ketones (excluding diaryl/α,β-unsaturated/α-hetero) is 1. The third-order valence-corrected chi connectivity index (χ3v) is 2.35. The first-order valence-electron chi connectivity index (χ1n) is 3.09. The van der Waals surface area contributed by atoms with Gasteiger partial charge in [0.15, 0.2) is 5.78 Å². The molecule has 0 saturated carbocycles. The molecule has 0 N–H and O–H groups in total. The Morgan fingerprint density at radius 3 is 2.60 bits per heavy atom. The van der Waals surface area contributed by atoms with Crippen molar-refractivity contribution in [2.24, 2.45) is 0 Å². The number of carbonyl (C=O) groups is 1. The molecular weight excluding hydrogens is 212 g/mol. The number of hydrogen-bond acceptors (Lipinski definition) is 2. The van der Waals surface area contributed by atoms with Gasteiger partial charge in [-0.1, -0.05) is 28.9 Å². The number of thioether (sulfide) groups is 1. The van der Waals surface area contributed by atoms with E-state index < -0.39 is 0 Å². The van der Waals surface area contributed by atoms with Gasteiger partial charge in [0.2, 0.25) is 0 Å². The topological polar surface area (TPSA) is 17.1 Å². The van der Waals surface area contributed by atoms with E-state index in [9.17, 15) is 4.79 Å². The lowest BCUT2D eigenvalue weighted by Gasteiger charge is -1.97. The van der Waals surface area contributed by atoms with Crippen LogP contribution in [0.5, 0.6) is 0 Å². The summed E-state index contributed by atoms with van der Waals surface area (Å²) < 4.78 is 0. The molecule has 0 radical (unpaired) electrons. The van der Waals surface area contributed by atoms with Gasteiger partial charge in [0, 0.05) is 4.91 Å². The van der Waals surface area contributed by atoms with Crippen LogP contribution in [-0.2, 0) is 4.79 Å². The van der Waals surface area contributed by atoms with Crippen molar-refractivity contribution in [3.05, 3.63) is 11.0 Å². The summed E-state index contributed by atoms with van der Waals surface area (Å²) >= 11 is 4.63. The van der Waals surface area contributed by atoms with E-state index in [-0.39, 0.29) is 5.78 Å². The summed E-state index contributed by atoms with van der Waals surface area (Å²) in [4.78, 5) is 11.9. The maximum Gasteiger partial charge on any atom is 0.179 e. The molecule has 0 fully saturated rings. The highest BCUT2D eigenvalue weighted by Gasteiger charge is 2.03. The van der Waals surface area contributed by atoms with Crippen molar-refractivity contribution in [2.45, 2.75) is 13.3 Å². The van der Waals surface area contributed by atoms with Crippen LogP contribution in [0.3, 0.4) is 0 Å². The van der Waals surface area contributed by atoms with Crippen LogP contribution in [-0.4, -0.2) is 17.4 Å². The molecule has 0 heterocycles. The molecule has 0 aliphatic heterocycles. The molecule has 3 heteroatoms. The van der Waals surface area contributed by atoms with Crippen molar-refractivity contribution in [3.63, 3.8) is 0 Å². The Bertz CT molecular complexity index is 143. The second kappa shape index (κ2) is 5.98. The van der Waals surface area contributed by atoms with E-state index >= 15 is 0 Å². The first kappa shape index (κ1) is 10.2. The predicted octanol–water partition coefficient (Wildman–Crippen LogP) is 2.61. The van der Waals surface area contributed by atoms with Gasteiger partial charge in [-0.15, -0.1) is 11.8 Å². The standard InChI is InChI=1S/C7H11BrOS/c1-3-4-7(10-2)6(9)5-8/h4H,3,5H2,1-2H3. The normalized spacial score (nSPS) is 11.7. The molecule has 0 saturated heterocycles. The molecule has 0 aliphatic carbocycles. The molecule has 0 bridgehead atoms. The van der Waals surface area contributed by atoms with Crippen LogP contribution < -0.4 is 0 Å². The van der Waals surface area contributed by atoms with E-state index in [1.807, 2.05) is 19.3 Å². The van der Waals surface area contributed by atoms with Gasteiger partial charge in [-0.2, -0.15) is 0 Å². The fourth-order valence-corrected chi connectivity index (χ4v) is 1.68. The molecule has 0 spiro atoms. The molecule has 1 nitrogen and oxygen atoms in total. The van der Waals surface area contributed by atoms with Crippen molar-refractivity contribution in [2.75, 3.05) is 11.6 Å². The number of rotatable bonds is 4. The fourth-order valence-electron chi connectivity index (χ4n) is 0.562. The summed E-state index contributed by atoms with van der Waals surface area (Å²) in [7, 11) is 0. The van der Waals surface area contributed by atoms with Crippen LogP contribution in [0.2, 0.25) is 0 Å². The molecule has 0 aliphatic rings. The van der Waals surface area contributed by atoms with E-state index in [4.69, 9.17) is 0 Å². The minimum absolute atomic E-state index is 0.175. The lowest BCUT2D eigenvalue weighted by atomic mass is 10.3. The van der Waals surface area contributed by atoms with Gasteiger partial charge in [0.05, 0.1) is 5.33 Å². The lowest BCUT2D eigenvalue weighted by Crippen LogP contribution is -1.99. The minimum Gasteiger partial charge on any atom is -0.293 e. The van der Waals surface area contributed by atoms with Crippen LogP contribution in [0.4, 0.5) is 0 Å². The van der Waals surface area contributed by atoms with Crippen LogP contribution in [0, 0.1) is 0 Å². The highest BCUT2D eigenvalue weighted by atomic mass is 79.9. The Balaban J connectivity index is 4.06. The molecule has 10 heavy (non-hydrogen) atoms. The Hall–Kier alpha value is 0.240. The van der Waals surface area contributed by atoms with Crippen molar-refractivity contribution < 1.29 is 4.79 Å². The van der Waals surface area contributed by atoms with E-state index in [1.54, 1.807) is 0 Å². The minimum atomic E-state index is 0.175. The van der Waals surface area contributed by atoms with Gasteiger partial charge < -0.3 is 0 Å². The zero-order valence-corrected chi connectivity index (χ0v) is 8.59. The third kappa shape index (κ3) is 3.42. The Morgan fingerprint density at radius 2 is 2.30 bits per heavy atom. The van der Waals surface area contributed by atoms with Crippen molar-refractivity contribution in [1.29, 1.82) is 0 Å². The zero-order chi connectivity index (χ0) is 7.98. The average Bonchev–Trinajstić information content (AvgIpc) is 1.99. The van der Waals surface area contributed by atoms with E-state index in [0.717, 1.165) is 11.3 Å². The van der Waals surface area contributed by atoms with E-state index in [2.05, 4.69) is 15.9 Å². The van der Waals surface area contributed by atoms with Crippen molar-refractivity contribution in [3.8, 4) is 0 Å². The van der Waals surface area contributed by atoms with Crippen molar-refractivity contribution in [1.82, 2.24) is 0 Å². The summed E-state index contributed by atoms with van der Waals surface area (Å²) in [6, 6.07) is 0. The summed E-state index contributed by atoms with van der Waals surface area (Å²) in [5.74, 6) is 0.175. The van der Waals surface area contributed by atoms with Gasteiger partial charge in [-0.05, 0) is 12.7 Å². The molecule has 0 rings (SSSR count). The Morgan fingerprint density at radius 1 is 1.70 bits per heavy atom. The van der Waals surface area contributed by atoms with Crippen LogP contribution in [0.15, 0.2) is 11.0 Å². The number of carbonyl (C=O) groups excluding carboxylic acids is 1. The molecule has 0 aromatic rings. The van der Waals surface area contributed by atoms with Gasteiger partial charge >= 0.3 is 0 Å². The average molecular weight is 223 g/mol. The zero-order valence-electron chi connectivity index (χ0n) is 6.19. The number of alkyl halides is 1. The predicted molar refractivity (Wildman–Crippen MR) is 50.7 cm³/mol. The summed E-state index contributed by atoms with van der Waals surface area (Å²) in [5, 5.41) is 0.430. The molecule has 58 valence electrons. The highest BCUT2D eigenvalue weighted by molar-refractivity contribution is 9.09. The van der Waals surface area contributed by atoms with Crippen LogP contribution >= 0.6 is 27.7 Å². The lowest BCUT2D eigenvalue weighted by molar-refractivity contribution is -0.112. The first-order chi connectivity index (χ1) is 4.76. The van der Waals surface area contributed by atoms with Crippen LogP contribution in [0.1, 0.15) is 13.3 Å². The van der Waals surface area contributed by atoms with Crippen LogP contribution in [0.25, 0.3) is 0 Å². The molecule has 0 atom stereocenters. The van der Waals surface area contributed by atoms with Gasteiger partial charge in [-0.25, -0.2) is 0 Å². The summed E-state index contributed by atoms with van der Waals surface area (Å²) in [6.45, 7) is 2.03. The van der Waals surface area contributed by atoms with E-state index in [0.29, 0.717) is 5.33 Å². The Labute approximate surface area is 74.4 Å². The summed E-state index contributed by atoms with van der Waals surface area (Å²) in [5.41, 5.74) is 0. The third-order valence-electron chi connectivity index (χ3n) is 1.01. The molecule has 0 amide bonds. The van der Waals surface area contributed by atoms with Gasteiger partial charge in [0.1, 0.15) is 0 Å². The number of ketones is 1. The van der Waals surface area contributed by atoms with Gasteiger partial charge in [-0.3, -0.25) is 4.79 Å². The number of hydrogen-bond donors (Lipinski definition) is 0. The summed E-state index contributed by atoms with van der Waals surface area (Å²) in [6.07, 6.45) is 4.80. The molecule has 0 unspecified atom stereocenters. The quantitative estimate of drug-likeness (QED) is 0.538. The van der Waals surface area contributed by atoms with Crippen molar-refractivity contribution >= 4 is 33.5 Å². The smallest absolute Gasteiger partial charge is 0.179 e. The second-order valence-electron chi connectivity index (χ2n) is 1.74. The van der Waals surface area contributed by atoms with E-state index in [1.165, 1.54) is 11.8 Å². The maximum absolute atomic E-state index is 11.0. The Kier molecular flexibility index (Phi) is 6.13. The fraction of sp³-hybridized carbons (Fsp3) is 0.571. The SMILES string of the molecule is CCC=C(SC)C(=O)CBr. The monoisotopic (exact) mass is 222 g/mol. The largest absolute Gasteiger partial charge is 0.293 e. The first-order valence-corrected chi connectivity index (χ1v) is 5.44. The number of halogens is 1. The molecule has 0 aromatic heterocycles. The molecular formula is C7H11BrOS. The van der Waals surface area contributed by atoms with Gasteiger partial charge in [0.25, 0.3) is 0 Å². The maximum atomic E-state index is 11.0. The number of allylic oxidation sites excluding steroid dienone is 2. The second-order valence-corrected chi connectivity index (χ2v) is 3.15. The molecule has 0 aromatic carbocycles. The highest BCUT2D eigenvalue weighted by Crippen LogP contribution is 2.14.